The van der Waals surface area contributed by atoms with Gasteiger partial charge in [-0.25, -0.2) is 34.4 Å². The topological polar surface area (TPSA) is 135 Å². The molecule has 0 aromatic heterocycles. The molecule has 4 aromatic carbocycles. The summed E-state index contributed by atoms with van der Waals surface area (Å²) in [5.74, 6) is -3.98. The van der Waals surface area contributed by atoms with E-state index >= 15 is 0 Å². The quantitative estimate of drug-likeness (QED) is 0.0963. The summed E-state index contributed by atoms with van der Waals surface area (Å²) in [7, 11) is -2.45. The molecular weight excluding hydrogens is 806 g/mol. The second-order valence-electron chi connectivity index (χ2n) is 14.0. The number of amides is 2. The summed E-state index contributed by atoms with van der Waals surface area (Å²) in [5, 5.41) is 0. The van der Waals surface area contributed by atoms with E-state index < -0.39 is 53.7 Å². The van der Waals surface area contributed by atoms with Crippen molar-refractivity contribution in [3.8, 4) is 0 Å². The lowest BCUT2D eigenvalue weighted by molar-refractivity contribution is -0.119. The van der Waals surface area contributed by atoms with Gasteiger partial charge in [0.05, 0.1) is 17.3 Å². The SMILES string of the molecule is CCCN1C(=O)CCc2cc(CS(=O)(=O)Cc3cc(F)c(C)c(F)c3)ccc21.CCCN1C(=O)CCc2cc(N)ccc21.Cc1c(F)cc(CS(=O)(=O)Cl)cc1F. The van der Waals surface area contributed by atoms with Gasteiger partial charge < -0.3 is 15.5 Å². The fraction of sp³-hybridized carbons (Fsp3) is 0.366. The Morgan fingerprint density at radius 3 is 1.44 bits per heavy atom. The minimum Gasteiger partial charge on any atom is -0.399 e. The average molecular weight is 852 g/mol. The van der Waals surface area contributed by atoms with Gasteiger partial charge in [0, 0.05) is 64.8 Å². The van der Waals surface area contributed by atoms with E-state index in [2.05, 4.69) is 6.92 Å². The van der Waals surface area contributed by atoms with Crippen LogP contribution in [0.1, 0.15) is 78.5 Å². The van der Waals surface area contributed by atoms with Gasteiger partial charge in [-0.1, -0.05) is 26.0 Å². The number of hydrogen-bond donors (Lipinski definition) is 1. The van der Waals surface area contributed by atoms with E-state index in [-0.39, 0.29) is 39.8 Å². The fourth-order valence-electron chi connectivity index (χ4n) is 6.54. The number of carbonyl (C=O) groups is 2. The molecule has 0 saturated heterocycles. The molecular formula is C41H46ClF4N3O6S2. The molecule has 308 valence electrons. The predicted molar refractivity (Wildman–Crippen MR) is 216 cm³/mol. The van der Waals surface area contributed by atoms with Gasteiger partial charge >= 0.3 is 0 Å². The van der Waals surface area contributed by atoms with Crippen LogP contribution in [0.3, 0.4) is 0 Å². The first-order valence-electron chi connectivity index (χ1n) is 18.3. The van der Waals surface area contributed by atoms with E-state index in [9.17, 15) is 44.0 Å². The van der Waals surface area contributed by atoms with E-state index in [1.54, 1.807) is 17.0 Å². The maximum atomic E-state index is 13.7. The van der Waals surface area contributed by atoms with Crippen molar-refractivity contribution in [1.29, 1.82) is 0 Å². The summed E-state index contributed by atoms with van der Waals surface area (Å²) in [5.41, 5.74) is 11.0. The molecule has 4 aromatic rings. The number of nitrogens with two attached hydrogens (primary N) is 1. The zero-order chi connectivity index (χ0) is 42.2. The van der Waals surface area contributed by atoms with Crippen molar-refractivity contribution in [1.82, 2.24) is 0 Å². The number of hydrogen-bond acceptors (Lipinski definition) is 7. The third kappa shape index (κ3) is 12.5. The molecule has 0 unspecified atom stereocenters. The molecule has 2 aliphatic heterocycles. The van der Waals surface area contributed by atoms with Crippen molar-refractivity contribution in [2.75, 3.05) is 28.6 Å². The zero-order valence-electron chi connectivity index (χ0n) is 32.2. The number of benzene rings is 4. The molecule has 9 nitrogen and oxygen atoms in total. The Balaban J connectivity index is 0.000000209. The predicted octanol–water partition coefficient (Wildman–Crippen LogP) is 8.38. The molecule has 0 spiro atoms. The lowest BCUT2D eigenvalue weighted by atomic mass is 9.99. The van der Waals surface area contributed by atoms with Gasteiger partial charge in [-0.3, -0.25) is 9.59 Å². The highest BCUT2D eigenvalue weighted by atomic mass is 35.7. The van der Waals surface area contributed by atoms with Crippen LogP contribution >= 0.6 is 10.7 Å². The Labute approximate surface area is 336 Å². The third-order valence-corrected chi connectivity index (χ3v) is 11.9. The first-order chi connectivity index (χ1) is 26.7. The van der Waals surface area contributed by atoms with E-state index in [4.69, 9.17) is 16.4 Å². The van der Waals surface area contributed by atoms with Gasteiger partial charge in [-0.15, -0.1) is 0 Å². The number of halogens is 5. The van der Waals surface area contributed by atoms with Gasteiger partial charge in [-0.05, 0) is 116 Å². The average Bonchev–Trinajstić information content (AvgIpc) is 3.11. The molecule has 57 heavy (non-hydrogen) atoms. The van der Waals surface area contributed by atoms with Gasteiger partial charge in [0.2, 0.25) is 20.9 Å². The lowest BCUT2D eigenvalue weighted by Gasteiger charge is -2.29. The summed E-state index contributed by atoms with van der Waals surface area (Å²) in [6, 6.07) is 15.1. The molecule has 0 saturated carbocycles. The molecule has 0 fully saturated rings. The van der Waals surface area contributed by atoms with Gasteiger partial charge in [0.25, 0.3) is 0 Å². The Hall–Kier alpha value is -4.47. The van der Waals surface area contributed by atoms with Crippen LogP contribution in [0.25, 0.3) is 0 Å². The van der Waals surface area contributed by atoms with Crippen LogP contribution in [0.5, 0.6) is 0 Å². The van der Waals surface area contributed by atoms with Crippen molar-refractivity contribution in [3.63, 3.8) is 0 Å². The number of fused-ring (bicyclic) bond motifs is 2. The maximum absolute atomic E-state index is 13.7. The van der Waals surface area contributed by atoms with Crippen LogP contribution in [0.4, 0.5) is 34.6 Å². The van der Waals surface area contributed by atoms with Gasteiger partial charge in [-0.2, -0.15) is 0 Å². The minimum absolute atomic E-state index is 0.000556. The first kappa shape index (κ1) is 45.2. The lowest BCUT2D eigenvalue weighted by Crippen LogP contribution is -2.35. The van der Waals surface area contributed by atoms with Crippen LogP contribution in [0.2, 0.25) is 0 Å². The standard InChI is InChI=1S/C21H23F2NO3S.C12H16N2O.C8H7ClF2O2S/c1-3-8-24-20-6-4-15(9-17(20)5-7-21(24)25)12-28(26,27)13-16-10-18(22)14(2)19(23)11-16;1-2-7-14-11-5-4-10(13)8-9(11)3-6-12(14)15;1-5-7(10)2-6(3-8(5)11)4-14(9,12)13/h4,6,9-11H,3,5,7-8,12-13H2,1-2H3;4-5,8H,2-3,6-7,13H2,1H3;2-3H,4H2,1H3. The number of aryl methyl sites for hydroxylation is 2. The molecule has 16 heteroatoms. The van der Waals surface area contributed by atoms with Crippen molar-refractivity contribution in [2.24, 2.45) is 0 Å². The summed E-state index contributed by atoms with van der Waals surface area (Å²) in [6.45, 7) is 8.09. The Bertz CT molecular complexity index is 2310. The summed E-state index contributed by atoms with van der Waals surface area (Å²) >= 11 is 0. The molecule has 0 bridgehead atoms. The molecule has 6 rings (SSSR count). The number of carbonyl (C=O) groups excluding carboxylic acids is 2. The Kier molecular flexibility index (Phi) is 15.3. The van der Waals surface area contributed by atoms with Crippen LogP contribution < -0.4 is 15.5 Å². The second kappa shape index (κ2) is 19.3. The highest BCUT2D eigenvalue weighted by Crippen LogP contribution is 2.31. The number of nitrogens with zero attached hydrogens (tertiary/aromatic N) is 2. The summed E-state index contributed by atoms with van der Waals surface area (Å²) in [4.78, 5) is 27.5. The summed E-state index contributed by atoms with van der Waals surface area (Å²) < 4.78 is 99.6. The maximum Gasteiger partial charge on any atom is 0.236 e. The molecule has 2 N–H and O–H groups in total. The molecule has 0 aliphatic carbocycles. The van der Waals surface area contributed by atoms with E-state index in [0.29, 0.717) is 31.4 Å². The molecule has 2 aliphatic rings. The number of anilines is 3. The fourth-order valence-corrected chi connectivity index (χ4v) is 8.95. The molecule has 0 atom stereocenters. The Morgan fingerprint density at radius 2 is 1.00 bits per heavy atom. The van der Waals surface area contributed by atoms with Crippen molar-refractivity contribution in [3.05, 3.63) is 123 Å². The van der Waals surface area contributed by atoms with Crippen LogP contribution in [-0.2, 0) is 58.6 Å². The van der Waals surface area contributed by atoms with E-state index in [1.807, 2.05) is 36.1 Å². The third-order valence-electron chi connectivity index (χ3n) is 9.34. The van der Waals surface area contributed by atoms with Crippen molar-refractivity contribution < 1.29 is 44.0 Å². The molecule has 2 amide bonds. The highest BCUT2D eigenvalue weighted by Gasteiger charge is 2.25. The minimum atomic E-state index is -3.78. The van der Waals surface area contributed by atoms with Crippen LogP contribution in [0, 0.1) is 37.1 Å². The smallest absolute Gasteiger partial charge is 0.236 e. The van der Waals surface area contributed by atoms with E-state index in [1.165, 1.54) is 19.4 Å². The largest absolute Gasteiger partial charge is 0.399 e. The number of nitrogen functional groups attached to an aromatic ring is 1. The van der Waals surface area contributed by atoms with Crippen LogP contribution in [0.15, 0.2) is 60.7 Å². The van der Waals surface area contributed by atoms with Gasteiger partial charge in [0.1, 0.15) is 23.3 Å². The Morgan fingerprint density at radius 1 is 0.596 bits per heavy atom. The zero-order valence-corrected chi connectivity index (χ0v) is 34.6. The van der Waals surface area contributed by atoms with E-state index in [0.717, 1.165) is 72.7 Å². The number of sulfone groups is 1. The van der Waals surface area contributed by atoms with Gasteiger partial charge in [0.15, 0.2) is 9.84 Å². The van der Waals surface area contributed by atoms with Crippen molar-refractivity contribution >= 4 is 58.4 Å². The highest BCUT2D eigenvalue weighted by molar-refractivity contribution is 8.13. The first-order valence-corrected chi connectivity index (χ1v) is 22.6. The second-order valence-corrected chi connectivity index (χ2v) is 18.9. The monoisotopic (exact) mass is 851 g/mol. The van der Waals surface area contributed by atoms with Crippen LogP contribution in [-0.4, -0.2) is 41.7 Å². The summed E-state index contributed by atoms with van der Waals surface area (Å²) in [6.07, 6.45) is 4.23. The normalized spacial score (nSPS) is 13.9. The molecule has 0 radical (unpaired) electrons. The van der Waals surface area contributed by atoms with Crippen molar-refractivity contribution in [2.45, 2.75) is 83.5 Å². The number of rotatable bonds is 10. The molecule has 2 heterocycles.